The van der Waals surface area contributed by atoms with Crippen molar-refractivity contribution in [3.05, 3.63) is 88.4 Å². The van der Waals surface area contributed by atoms with E-state index in [1.165, 1.54) is 48.2 Å². The molecule has 0 saturated carbocycles. The highest BCUT2D eigenvalue weighted by atomic mass is 32.1. The molecule has 2 nitrogen and oxygen atoms in total. The van der Waals surface area contributed by atoms with Crippen LogP contribution in [-0.2, 0) is 0 Å². The Bertz CT molecular complexity index is 1700. The maximum Gasteiger partial charge on any atom is 0.153 e. The van der Waals surface area contributed by atoms with Crippen LogP contribution in [0, 0.1) is 20.8 Å². The van der Waals surface area contributed by atoms with Crippen LogP contribution in [-0.4, -0.2) is 4.98 Å². The minimum absolute atomic E-state index is 0.382. The molecule has 0 saturated heterocycles. The molecule has 34 heavy (non-hydrogen) atoms. The number of fused-ring (bicyclic) bond motifs is 5. The Morgan fingerprint density at radius 1 is 0.794 bits per heavy atom. The van der Waals surface area contributed by atoms with Gasteiger partial charge in [0.05, 0.1) is 10.4 Å². The van der Waals surface area contributed by atoms with Crippen molar-refractivity contribution in [2.75, 3.05) is 0 Å². The predicted molar refractivity (Wildman–Crippen MR) is 146 cm³/mol. The zero-order valence-electron chi connectivity index (χ0n) is 20.2. The van der Waals surface area contributed by atoms with Gasteiger partial charge in [-0.05, 0) is 84.2 Å². The minimum Gasteiger partial charge on any atom is -0.454 e. The Morgan fingerprint density at radius 3 is 2.29 bits per heavy atom. The summed E-state index contributed by atoms with van der Waals surface area (Å²) >= 11 is 1.80. The van der Waals surface area contributed by atoms with Gasteiger partial charge in [-0.3, -0.25) is 4.98 Å². The van der Waals surface area contributed by atoms with Crippen LogP contribution in [0.4, 0.5) is 0 Å². The van der Waals surface area contributed by atoms with Crippen LogP contribution in [0.3, 0.4) is 0 Å². The summed E-state index contributed by atoms with van der Waals surface area (Å²) in [6.07, 6.45) is 2.06. The van der Waals surface area contributed by atoms with Gasteiger partial charge in [-0.2, -0.15) is 0 Å². The smallest absolute Gasteiger partial charge is 0.153 e. The first-order valence-electron chi connectivity index (χ1n) is 11.8. The first-order chi connectivity index (χ1) is 16.4. The average Bonchev–Trinajstić information content (AvgIpc) is 3.38. The van der Waals surface area contributed by atoms with Crippen molar-refractivity contribution in [3.63, 3.8) is 0 Å². The van der Waals surface area contributed by atoms with E-state index in [-0.39, 0.29) is 0 Å². The largest absolute Gasteiger partial charge is 0.454 e. The van der Waals surface area contributed by atoms with Crippen LogP contribution in [0.15, 0.2) is 71.3 Å². The predicted octanol–water partition coefficient (Wildman–Crippen LogP) is 9.58. The molecule has 0 fully saturated rings. The van der Waals surface area contributed by atoms with E-state index in [2.05, 4.69) is 101 Å². The van der Waals surface area contributed by atoms with Crippen LogP contribution in [0.5, 0.6) is 0 Å². The Balaban J connectivity index is 1.64. The number of hydrogen-bond donors (Lipinski definition) is 0. The van der Waals surface area contributed by atoms with E-state index in [1.54, 1.807) is 11.3 Å². The first-order valence-corrected chi connectivity index (χ1v) is 12.7. The molecule has 3 aromatic carbocycles. The van der Waals surface area contributed by atoms with Crippen molar-refractivity contribution in [2.24, 2.45) is 0 Å². The number of thiophene rings is 1. The number of benzene rings is 3. The van der Waals surface area contributed by atoms with Gasteiger partial charge in [-0.1, -0.05) is 50.2 Å². The van der Waals surface area contributed by atoms with Gasteiger partial charge < -0.3 is 4.42 Å². The molecule has 0 N–H and O–H groups in total. The summed E-state index contributed by atoms with van der Waals surface area (Å²) in [5.41, 5.74) is 10.3. The van der Waals surface area contributed by atoms with Gasteiger partial charge in [0, 0.05) is 27.4 Å². The molecule has 3 aromatic heterocycles. The van der Waals surface area contributed by atoms with Gasteiger partial charge in [-0.15, -0.1) is 11.3 Å². The summed E-state index contributed by atoms with van der Waals surface area (Å²) in [6.45, 7) is 11.0. The van der Waals surface area contributed by atoms with Crippen molar-refractivity contribution in [1.29, 1.82) is 0 Å². The first kappa shape index (κ1) is 21.1. The molecule has 6 rings (SSSR count). The van der Waals surface area contributed by atoms with Crippen molar-refractivity contribution >= 4 is 43.4 Å². The number of hydrogen-bond acceptors (Lipinski definition) is 3. The van der Waals surface area contributed by atoms with Gasteiger partial charge in [0.2, 0.25) is 0 Å². The van der Waals surface area contributed by atoms with Gasteiger partial charge >= 0.3 is 0 Å². The van der Waals surface area contributed by atoms with Gasteiger partial charge in [-0.25, -0.2) is 0 Å². The van der Waals surface area contributed by atoms with Crippen LogP contribution in [0.2, 0.25) is 0 Å². The van der Waals surface area contributed by atoms with E-state index in [4.69, 9.17) is 9.40 Å². The second kappa shape index (κ2) is 7.82. The number of aryl methyl sites for hydroxylation is 3. The van der Waals surface area contributed by atoms with E-state index >= 15 is 0 Å². The summed E-state index contributed by atoms with van der Waals surface area (Å²) in [5.74, 6) is 0.382. The fraction of sp³-hybridized carbons (Fsp3) is 0.194. The number of para-hydroxylation sites is 1. The molecule has 0 aliphatic carbocycles. The molecule has 0 spiro atoms. The number of pyridine rings is 1. The molecule has 0 amide bonds. The molecule has 168 valence electrons. The number of furan rings is 1. The van der Waals surface area contributed by atoms with Crippen LogP contribution in [0.1, 0.15) is 41.3 Å². The number of rotatable bonds is 3. The molecule has 0 bridgehead atoms. The Kier molecular flexibility index (Phi) is 4.86. The van der Waals surface area contributed by atoms with E-state index in [1.807, 2.05) is 0 Å². The Hall–Kier alpha value is -3.43. The van der Waals surface area contributed by atoms with E-state index in [0.717, 1.165) is 27.8 Å². The molecule has 0 unspecified atom stereocenters. The maximum absolute atomic E-state index is 6.61. The standard InChI is InChI=1S/C31H27NOS/c1-17(2)26-16-32-27(15-25(26)28-18(3)8-6-9-19(28)4)24-11-7-10-22-23-13-12-21-14-20(5)34-31(21)30(23)33-29(22)24/h6-17H,1-5H3. The second-order valence-electron chi connectivity index (χ2n) is 9.58. The van der Waals surface area contributed by atoms with Gasteiger partial charge in [0.15, 0.2) is 5.58 Å². The van der Waals surface area contributed by atoms with Crippen molar-refractivity contribution in [1.82, 2.24) is 4.98 Å². The monoisotopic (exact) mass is 461 g/mol. The summed E-state index contributed by atoms with van der Waals surface area (Å²) in [5, 5.41) is 3.55. The third kappa shape index (κ3) is 3.19. The molecule has 6 aromatic rings. The lowest BCUT2D eigenvalue weighted by Gasteiger charge is -2.18. The minimum atomic E-state index is 0.382. The van der Waals surface area contributed by atoms with Crippen LogP contribution >= 0.6 is 11.3 Å². The fourth-order valence-corrected chi connectivity index (χ4v) is 6.21. The molecular weight excluding hydrogens is 434 g/mol. The Labute approximate surface area is 203 Å². The Morgan fingerprint density at radius 2 is 1.53 bits per heavy atom. The topological polar surface area (TPSA) is 26.0 Å². The summed E-state index contributed by atoms with van der Waals surface area (Å²) in [7, 11) is 0. The lowest BCUT2D eigenvalue weighted by atomic mass is 9.88. The molecular formula is C31H27NOS. The zero-order valence-corrected chi connectivity index (χ0v) is 21.0. The lowest BCUT2D eigenvalue weighted by molar-refractivity contribution is 0.674. The van der Waals surface area contributed by atoms with E-state index < -0.39 is 0 Å². The third-order valence-corrected chi connectivity index (χ3v) is 7.92. The summed E-state index contributed by atoms with van der Waals surface area (Å²) in [6, 6.07) is 21.8. The van der Waals surface area contributed by atoms with Crippen LogP contribution < -0.4 is 0 Å². The SMILES string of the molecule is Cc1cc2ccc3c4cccc(-c5cc(-c6c(C)cccc6C)c(C(C)C)cn5)c4oc3c2s1. The molecule has 0 aliphatic heterocycles. The quantitative estimate of drug-likeness (QED) is 0.262. The number of nitrogens with zero attached hydrogens (tertiary/aromatic N) is 1. The zero-order chi connectivity index (χ0) is 23.6. The lowest BCUT2D eigenvalue weighted by Crippen LogP contribution is -1.99. The van der Waals surface area contributed by atoms with Gasteiger partial charge in [0.1, 0.15) is 5.58 Å². The molecule has 0 radical (unpaired) electrons. The van der Waals surface area contributed by atoms with Crippen LogP contribution in [0.25, 0.3) is 54.4 Å². The van der Waals surface area contributed by atoms with E-state index in [9.17, 15) is 0 Å². The highest BCUT2D eigenvalue weighted by Crippen LogP contribution is 2.42. The van der Waals surface area contributed by atoms with E-state index in [0.29, 0.717) is 5.92 Å². The molecule has 3 heteroatoms. The second-order valence-corrected chi connectivity index (χ2v) is 10.8. The number of aromatic nitrogens is 1. The highest BCUT2D eigenvalue weighted by Gasteiger charge is 2.19. The van der Waals surface area contributed by atoms with Gasteiger partial charge in [0.25, 0.3) is 0 Å². The molecule has 0 atom stereocenters. The normalized spacial score (nSPS) is 11.9. The summed E-state index contributed by atoms with van der Waals surface area (Å²) in [4.78, 5) is 6.24. The molecule has 0 aliphatic rings. The van der Waals surface area contributed by atoms with Crippen molar-refractivity contribution in [3.8, 4) is 22.4 Å². The van der Waals surface area contributed by atoms with Crippen molar-refractivity contribution < 1.29 is 4.42 Å². The third-order valence-electron chi connectivity index (χ3n) is 6.86. The highest BCUT2D eigenvalue weighted by molar-refractivity contribution is 7.19. The summed E-state index contributed by atoms with van der Waals surface area (Å²) < 4.78 is 7.82. The average molecular weight is 462 g/mol. The van der Waals surface area contributed by atoms with Crippen molar-refractivity contribution in [2.45, 2.75) is 40.5 Å². The molecule has 3 heterocycles. The fourth-order valence-electron chi connectivity index (χ4n) is 5.21. The maximum atomic E-state index is 6.61.